The molecule has 0 aliphatic carbocycles. The van der Waals surface area contributed by atoms with Gasteiger partial charge in [0.2, 0.25) is 15.9 Å². The van der Waals surface area contributed by atoms with E-state index in [0.717, 1.165) is 24.3 Å². The number of carbonyl (C=O) groups is 1. The predicted molar refractivity (Wildman–Crippen MR) is 104 cm³/mol. The number of thioether (sulfide) groups is 1. The average Bonchev–Trinajstić information content (AvgIpc) is 2.63. The largest absolute Gasteiger partial charge is 0.355 e. The van der Waals surface area contributed by atoms with Crippen molar-refractivity contribution in [3.05, 3.63) is 35.4 Å². The molecule has 1 atom stereocenters. The van der Waals surface area contributed by atoms with Crippen LogP contribution >= 0.6 is 11.8 Å². The molecule has 0 bridgehead atoms. The summed E-state index contributed by atoms with van der Waals surface area (Å²) in [5, 5.41) is 2.96. The first kappa shape index (κ1) is 20.3. The third-order valence-electron chi connectivity index (χ3n) is 4.45. The first-order valence-corrected chi connectivity index (χ1v) is 11.6. The van der Waals surface area contributed by atoms with E-state index in [1.54, 1.807) is 18.7 Å². The van der Waals surface area contributed by atoms with Gasteiger partial charge in [-0.3, -0.25) is 4.79 Å². The topological polar surface area (TPSA) is 66.5 Å². The van der Waals surface area contributed by atoms with Crippen molar-refractivity contribution in [2.24, 2.45) is 5.92 Å². The summed E-state index contributed by atoms with van der Waals surface area (Å²) in [7, 11) is -3.20. The van der Waals surface area contributed by atoms with Crippen LogP contribution in [-0.2, 0) is 20.6 Å². The minimum atomic E-state index is -3.20. The van der Waals surface area contributed by atoms with Gasteiger partial charge in [-0.15, -0.1) is 0 Å². The third kappa shape index (κ3) is 6.31. The van der Waals surface area contributed by atoms with Gasteiger partial charge in [-0.25, -0.2) is 12.7 Å². The molecule has 1 aliphatic rings. The quantitative estimate of drug-likeness (QED) is 0.699. The lowest BCUT2D eigenvalue weighted by atomic mass is 9.99. The third-order valence-corrected chi connectivity index (χ3v) is 7.33. The minimum Gasteiger partial charge on any atom is -0.355 e. The molecule has 1 aliphatic heterocycles. The van der Waals surface area contributed by atoms with Crippen molar-refractivity contribution < 1.29 is 13.2 Å². The molecule has 1 aromatic carbocycles. The Hall–Kier alpha value is -1.05. The van der Waals surface area contributed by atoms with Gasteiger partial charge in [0.1, 0.15) is 0 Å². The van der Waals surface area contributed by atoms with Crippen LogP contribution in [0.1, 0.15) is 30.9 Å². The first-order chi connectivity index (χ1) is 11.9. The van der Waals surface area contributed by atoms with Crippen molar-refractivity contribution in [1.29, 1.82) is 0 Å². The highest BCUT2D eigenvalue weighted by Gasteiger charge is 2.31. The Bertz CT molecular complexity index is 659. The summed E-state index contributed by atoms with van der Waals surface area (Å²) in [4.78, 5) is 12.3. The van der Waals surface area contributed by atoms with E-state index in [4.69, 9.17) is 0 Å². The predicted octanol–water partition coefficient (Wildman–Crippen LogP) is 2.41. The summed E-state index contributed by atoms with van der Waals surface area (Å²) in [5.74, 6) is 1.63. The first-order valence-electron chi connectivity index (χ1n) is 8.81. The number of benzene rings is 1. The zero-order valence-electron chi connectivity index (χ0n) is 15.0. The molecule has 0 radical (unpaired) electrons. The van der Waals surface area contributed by atoms with E-state index < -0.39 is 10.0 Å². The molecule has 2 rings (SSSR count). The molecule has 7 heteroatoms. The fourth-order valence-electron chi connectivity index (χ4n) is 2.86. The SMILES string of the molecule is CCS(=O)(=O)N1CCC[C@H](C(=O)NCCSCc2ccc(C)cc2)C1. The maximum Gasteiger partial charge on any atom is 0.224 e. The van der Waals surface area contributed by atoms with E-state index in [9.17, 15) is 13.2 Å². The Morgan fingerprint density at radius 2 is 2.04 bits per heavy atom. The Labute approximate surface area is 155 Å². The van der Waals surface area contributed by atoms with Crippen molar-refractivity contribution in [1.82, 2.24) is 9.62 Å². The normalized spacial score (nSPS) is 18.9. The highest BCUT2D eigenvalue weighted by Crippen LogP contribution is 2.19. The molecular formula is C18H28N2O3S2. The van der Waals surface area contributed by atoms with Gasteiger partial charge < -0.3 is 5.32 Å². The molecule has 140 valence electrons. The summed E-state index contributed by atoms with van der Waals surface area (Å²) >= 11 is 1.79. The molecular weight excluding hydrogens is 356 g/mol. The second-order valence-corrected chi connectivity index (χ2v) is 9.79. The number of hydrogen-bond acceptors (Lipinski definition) is 4. The van der Waals surface area contributed by atoms with Gasteiger partial charge in [0.25, 0.3) is 0 Å². The van der Waals surface area contributed by atoms with Crippen LogP contribution in [0.5, 0.6) is 0 Å². The zero-order valence-corrected chi connectivity index (χ0v) is 16.7. The van der Waals surface area contributed by atoms with Crippen molar-refractivity contribution in [2.45, 2.75) is 32.4 Å². The summed E-state index contributed by atoms with van der Waals surface area (Å²) in [6.45, 7) is 5.19. The Kier molecular flexibility index (Phi) is 7.78. The van der Waals surface area contributed by atoms with Gasteiger partial charge in [-0.1, -0.05) is 29.8 Å². The molecule has 0 unspecified atom stereocenters. The van der Waals surface area contributed by atoms with Gasteiger partial charge in [-0.05, 0) is 32.3 Å². The van der Waals surface area contributed by atoms with E-state index >= 15 is 0 Å². The number of nitrogens with zero attached hydrogens (tertiary/aromatic N) is 1. The van der Waals surface area contributed by atoms with E-state index in [1.165, 1.54) is 15.4 Å². The molecule has 0 aromatic heterocycles. The summed E-state index contributed by atoms with van der Waals surface area (Å²) in [6, 6.07) is 8.48. The van der Waals surface area contributed by atoms with Gasteiger partial charge in [0.15, 0.2) is 0 Å². The molecule has 1 fully saturated rings. The van der Waals surface area contributed by atoms with Crippen LogP contribution in [0.3, 0.4) is 0 Å². The Balaban J connectivity index is 1.68. The number of aryl methyl sites for hydroxylation is 1. The molecule has 25 heavy (non-hydrogen) atoms. The minimum absolute atomic E-state index is 0.0214. The monoisotopic (exact) mass is 384 g/mol. The van der Waals surface area contributed by atoms with E-state index in [1.807, 2.05) is 0 Å². The highest BCUT2D eigenvalue weighted by atomic mass is 32.2. The van der Waals surface area contributed by atoms with E-state index in [0.29, 0.717) is 19.6 Å². The molecule has 1 heterocycles. The number of amides is 1. The van der Waals surface area contributed by atoms with E-state index in [-0.39, 0.29) is 17.6 Å². The second-order valence-electron chi connectivity index (χ2n) is 6.43. The van der Waals surface area contributed by atoms with Crippen LogP contribution < -0.4 is 5.32 Å². The fourth-order valence-corrected chi connectivity index (χ4v) is 4.86. The number of nitrogens with one attached hydrogen (secondary N) is 1. The Morgan fingerprint density at radius 1 is 1.32 bits per heavy atom. The van der Waals surface area contributed by atoms with Crippen molar-refractivity contribution >= 4 is 27.7 Å². The van der Waals surface area contributed by atoms with Crippen molar-refractivity contribution in [3.8, 4) is 0 Å². The lowest BCUT2D eigenvalue weighted by Gasteiger charge is -2.30. The highest BCUT2D eigenvalue weighted by molar-refractivity contribution is 7.98. The lowest BCUT2D eigenvalue weighted by Crippen LogP contribution is -2.46. The zero-order chi connectivity index (χ0) is 18.3. The molecule has 1 saturated heterocycles. The van der Waals surface area contributed by atoms with Gasteiger partial charge in [-0.2, -0.15) is 11.8 Å². The van der Waals surface area contributed by atoms with Gasteiger partial charge in [0.05, 0.1) is 11.7 Å². The van der Waals surface area contributed by atoms with Crippen LogP contribution in [0.2, 0.25) is 0 Å². The number of sulfonamides is 1. The smallest absolute Gasteiger partial charge is 0.224 e. The molecule has 1 N–H and O–H groups in total. The number of carbonyl (C=O) groups excluding carboxylic acids is 1. The maximum atomic E-state index is 12.3. The fraction of sp³-hybridized carbons (Fsp3) is 0.611. The summed E-state index contributed by atoms with van der Waals surface area (Å²) in [6.07, 6.45) is 1.51. The van der Waals surface area contributed by atoms with Crippen LogP contribution in [0.25, 0.3) is 0 Å². The lowest BCUT2D eigenvalue weighted by molar-refractivity contribution is -0.125. The van der Waals surface area contributed by atoms with Crippen LogP contribution in [0.4, 0.5) is 0 Å². The van der Waals surface area contributed by atoms with Gasteiger partial charge >= 0.3 is 0 Å². The standard InChI is InChI=1S/C18H28N2O3S2/c1-3-25(22,23)20-11-4-5-17(13-20)18(21)19-10-12-24-14-16-8-6-15(2)7-9-16/h6-9,17H,3-5,10-14H2,1-2H3,(H,19,21)/t17-/m0/s1. The molecule has 0 saturated carbocycles. The van der Waals surface area contributed by atoms with Crippen molar-refractivity contribution in [3.63, 3.8) is 0 Å². The number of rotatable bonds is 8. The molecule has 0 spiro atoms. The summed E-state index contributed by atoms with van der Waals surface area (Å²) < 4.78 is 25.4. The number of piperidine rings is 1. The summed E-state index contributed by atoms with van der Waals surface area (Å²) in [5.41, 5.74) is 2.54. The van der Waals surface area contributed by atoms with Crippen molar-refractivity contribution in [2.75, 3.05) is 31.1 Å². The van der Waals surface area contributed by atoms with Crippen LogP contribution in [-0.4, -0.2) is 49.8 Å². The molecule has 1 aromatic rings. The molecule has 1 amide bonds. The van der Waals surface area contributed by atoms with Crippen LogP contribution in [0, 0.1) is 12.8 Å². The Morgan fingerprint density at radius 3 is 2.72 bits per heavy atom. The number of hydrogen-bond donors (Lipinski definition) is 1. The average molecular weight is 385 g/mol. The van der Waals surface area contributed by atoms with Gasteiger partial charge in [0, 0.05) is 31.1 Å². The van der Waals surface area contributed by atoms with Crippen LogP contribution in [0.15, 0.2) is 24.3 Å². The van der Waals surface area contributed by atoms with E-state index in [2.05, 4.69) is 36.5 Å². The maximum absolute atomic E-state index is 12.3. The molecule has 5 nitrogen and oxygen atoms in total. The second kappa shape index (κ2) is 9.59.